The predicted octanol–water partition coefficient (Wildman–Crippen LogP) is 5.23. The lowest BCUT2D eigenvalue weighted by Crippen LogP contribution is -2.34. The third kappa shape index (κ3) is 3.53. The summed E-state index contributed by atoms with van der Waals surface area (Å²) in [7, 11) is 0. The highest BCUT2D eigenvalue weighted by molar-refractivity contribution is 7.21. The Balaban J connectivity index is 1.67. The number of hydrogen-bond donors (Lipinski definition) is 2. The highest BCUT2D eigenvalue weighted by atomic mass is 32.1. The van der Waals surface area contributed by atoms with Crippen molar-refractivity contribution in [1.82, 2.24) is 15.3 Å². The number of aromatic nitrogens is 2. The largest absolute Gasteiger partial charge is 0.381 e. The molecule has 32 heavy (non-hydrogen) atoms. The molecule has 3 aromatic heterocycles. The SMILES string of the molecule is C=Cc1cc(-c2ccc3c(ccc4sc5c(c43)NC[C@@H](C)NC5=O)n2)c(COCC)cn1. The number of thiophene rings is 1. The molecule has 1 atom stereocenters. The van der Waals surface area contributed by atoms with E-state index in [1.807, 2.05) is 38.2 Å². The summed E-state index contributed by atoms with van der Waals surface area (Å²) < 4.78 is 6.72. The number of benzene rings is 1. The van der Waals surface area contributed by atoms with Crippen molar-refractivity contribution in [3.05, 3.63) is 59.2 Å². The number of nitrogens with zero attached hydrogens (tertiary/aromatic N) is 2. The second-order valence-corrected chi connectivity index (χ2v) is 8.92. The highest BCUT2D eigenvalue weighted by Gasteiger charge is 2.24. The van der Waals surface area contributed by atoms with Gasteiger partial charge in [-0.1, -0.05) is 6.58 Å². The molecule has 6 nitrogen and oxygen atoms in total. The number of carbonyl (C=O) groups excluding carboxylic acids is 1. The average molecular weight is 445 g/mol. The number of nitrogens with one attached hydrogen (secondary N) is 2. The molecule has 0 bridgehead atoms. The molecule has 1 aliphatic heterocycles. The minimum atomic E-state index is -0.0225. The van der Waals surface area contributed by atoms with Crippen LogP contribution in [0.3, 0.4) is 0 Å². The lowest BCUT2D eigenvalue weighted by Gasteiger charge is -2.12. The van der Waals surface area contributed by atoms with Gasteiger partial charge in [0.1, 0.15) is 4.88 Å². The molecule has 0 saturated carbocycles. The first-order chi connectivity index (χ1) is 15.6. The fraction of sp³-hybridized carbons (Fsp3) is 0.240. The fourth-order valence-corrected chi connectivity index (χ4v) is 5.15. The van der Waals surface area contributed by atoms with Gasteiger partial charge in [0.15, 0.2) is 0 Å². The molecule has 1 aliphatic rings. The Morgan fingerprint density at radius 1 is 1.31 bits per heavy atom. The zero-order chi connectivity index (χ0) is 22.2. The Kier molecular flexibility index (Phi) is 5.36. The van der Waals surface area contributed by atoms with E-state index < -0.39 is 0 Å². The van der Waals surface area contributed by atoms with Crippen molar-refractivity contribution in [2.45, 2.75) is 26.5 Å². The van der Waals surface area contributed by atoms with E-state index in [9.17, 15) is 4.79 Å². The monoisotopic (exact) mass is 444 g/mol. The van der Waals surface area contributed by atoms with E-state index in [2.05, 4.69) is 34.3 Å². The molecule has 162 valence electrons. The van der Waals surface area contributed by atoms with Crippen molar-refractivity contribution >= 4 is 50.0 Å². The number of fused-ring (bicyclic) bond motifs is 5. The van der Waals surface area contributed by atoms with Gasteiger partial charge >= 0.3 is 0 Å². The summed E-state index contributed by atoms with van der Waals surface area (Å²) in [5.41, 5.74) is 5.42. The Morgan fingerprint density at radius 3 is 3.00 bits per heavy atom. The van der Waals surface area contributed by atoms with Gasteiger partial charge in [-0.05, 0) is 50.3 Å². The molecule has 0 fully saturated rings. The standard InChI is InChI=1S/C25H24N4O2S/c1-4-16-10-18(15(12-26-16)13-31-5-2)20-7-6-17-19(29-20)8-9-21-22(17)23-24(32-21)25(30)28-14(3)11-27-23/h4,6-10,12,14,27H,1,5,11,13H2,2-3H3,(H,28,30)/t14-/m1/s1. The molecular weight excluding hydrogens is 420 g/mol. The van der Waals surface area contributed by atoms with Crippen LogP contribution in [0, 0.1) is 0 Å². The number of ether oxygens (including phenoxy) is 1. The smallest absolute Gasteiger partial charge is 0.263 e. The maximum absolute atomic E-state index is 12.7. The topological polar surface area (TPSA) is 76.1 Å². The van der Waals surface area contributed by atoms with Crippen LogP contribution in [0.4, 0.5) is 5.69 Å². The van der Waals surface area contributed by atoms with E-state index in [0.717, 1.165) is 54.1 Å². The lowest BCUT2D eigenvalue weighted by atomic mass is 10.0. The Hall–Kier alpha value is -3.29. The zero-order valence-electron chi connectivity index (χ0n) is 18.1. The summed E-state index contributed by atoms with van der Waals surface area (Å²) in [4.78, 5) is 22.8. The summed E-state index contributed by atoms with van der Waals surface area (Å²) in [5, 5.41) is 8.60. The quantitative estimate of drug-likeness (QED) is 0.441. The van der Waals surface area contributed by atoms with Crippen molar-refractivity contribution < 1.29 is 9.53 Å². The van der Waals surface area contributed by atoms with Gasteiger partial charge in [-0.3, -0.25) is 9.78 Å². The second-order valence-electron chi connectivity index (χ2n) is 7.87. The van der Waals surface area contributed by atoms with Gasteiger partial charge in [-0.25, -0.2) is 4.98 Å². The summed E-state index contributed by atoms with van der Waals surface area (Å²) >= 11 is 1.52. The van der Waals surface area contributed by atoms with Gasteiger partial charge < -0.3 is 15.4 Å². The van der Waals surface area contributed by atoms with Gasteiger partial charge in [0, 0.05) is 52.0 Å². The van der Waals surface area contributed by atoms with E-state index >= 15 is 0 Å². The molecule has 0 radical (unpaired) electrons. The number of amides is 1. The third-order valence-electron chi connectivity index (χ3n) is 5.65. The fourth-order valence-electron chi connectivity index (χ4n) is 4.05. The van der Waals surface area contributed by atoms with Gasteiger partial charge in [0.05, 0.1) is 29.2 Å². The molecule has 0 saturated heterocycles. The van der Waals surface area contributed by atoms with E-state index in [4.69, 9.17) is 9.72 Å². The first-order valence-electron chi connectivity index (χ1n) is 10.7. The van der Waals surface area contributed by atoms with Crippen LogP contribution in [0.2, 0.25) is 0 Å². The van der Waals surface area contributed by atoms with Crippen LogP contribution in [0.25, 0.3) is 38.3 Å². The van der Waals surface area contributed by atoms with Crippen LogP contribution in [0.1, 0.15) is 34.8 Å². The van der Waals surface area contributed by atoms with Gasteiger partial charge in [-0.2, -0.15) is 0 Å². The van der Waals surface area contributed by atoms with Crippen LogP contribution < -0.4 is 10.6 Å². The van der Waals surface area contributed by atoms with E-state index in [-0.39, 0.29) is 11.9 Å². The van der Waals surface area contributed by atoms with Crippen molar-refractivity contribution in [2.24, 2.45) is 0 Å². The normalized spacial score (nSPS) is 15.8. The summed E-state index contributed by atoms with van der Waals surface area (Å²) in [5.74, 6) is -0.0225. The molecule has 7 heteroatoms. The van der Waals surface area contributed by atoms with Crippen molar-refractivity contribution in [3.8, 4) is 11.3 Å². The first-order valence-corrected chi connectivity index (χ1v) is 11.5. The number of rotatable bonds is 5. The molecule has 0 unspecified atom stereocenters. The van der Waals surface area contributed by atoms with Crippen molar-refractivity contribution in [2.75, 3.05) is 18.5 Å². The van der Waals surface area contributed by atoms with Gasteiger partial charge in [0.25, 0.3) is 5.91 Å². The minimum Gasteiger partial charge on any atom is -0.381 e. The molecule has 4 aromatic rings. The number of pyridine rings is 2. The average Bonchev–Trinajstić information content (AvgIpc) is 3.13. The Bertz CT molecular complexity index is 1360. The second kappa shape index (κ2) is 8.33. The summed E-state index contributed by atoms with van der Waals surface area (Å²) in [6, 6.07) is 10.3. The zero-order valence-corrected chi connectivity index (χ0v) is 18.9. The highest BCUT2D eigenvalue weighted by Crippen LogP contribution is 2.41. The first kappa shape index (κ1) is 20.6. The molecule has 5 rings (SSSR count). The van der Waals surface area contributed by atoms with Gasteiger partial charge in [-0.15, -0.1) is 11.3 Å². The summed E-state index contributed by atoms with van der Waals surface area (Å²) in [6.07, 6.45) is 3.57. The molecule has 1 amide bonds. The molecule has 2 N–H and O–H groups in total. The predicted molar refractivity (Wildman–Crippen MR) is 131 cm³/mol. The van der Waals surface area contributed by atoms with E-state index in [1.165, 1.54) is 11.3 Å². The van der Waals surface area contributed by atoms with Gasteiger partial charge in [0.2, 0.25) is 0 Å². The van der Waals surface area contributed by atoms with Crippen LogP contribution in [0.5, 0.6) is 0 Å². The number of anilines is 1. The third-order valence-corrected chi connectivity index (χ3v) is 6.80. The van der Waals surface area contributed by atoms with E-state index in [1.54, 1.807) is 6.08 Å². The molecule has 4 heterocycles. The Morgan fingerprint density at radius 2 is 2.19 bits per heavy atom. The van der Waals surface area contributed by atoms with Crippen LogP contribution >= 0.6 is 11.3 Å². The van der Waals surface area contributed by atoms with Crippen molar-refractivity contribution in [1.29, 1.82) is 0 Å². The number of hydrogen-bond acceptors (Lipinski definition) is 6. The minimum absolute atomic E-state index is 0.0225. The van der Waals surface area contributed by atoms with E-state index in [0.29, 0.717) is 19.8 Å². The van der Waals surface area contributed by atoms with Crippen molar-refractivity contribution in [3.63, 3.8) is 0 Å². The van der Waals surface area contributed by atoms with Crippen LogP contribution in [0.15, 0.2) is 43.1 Å². The molecular formula is C25H24N4O2S. The maximum Gasteiger partial charge on any atom is 0.263 e. The molecule has 0 aliphatic carbocycles. The van der Waals surface area contributed by atoms with Crippen LogP contribution in [-0.4, -0.2) is 35.1 Å². The summed E-state index contributed by atoms with van der Waals surface area (Å²) in [6.45, 7) is 9.62. The van der Waals surface area contributed by atoms with Crippen LogP contribution in [-0.2, 0) is 11.3 Å². The Labute approximate surface area is 190 Å². The molecule has 0 spiro atoms. The number of carbonyl (C=O) groups is 1. The maximum atomic E-state index is 12.7. The molecule has 1 aromatic carbocycles. The lowest BCUT2D eigenvalue weighted by molar-refractivity contribution is 0.0949.